The first-order chi connectivity index (χ1) is 38.8. The van der Waals surface area contributed by atoms with Gasteiger partial charge in [0.05, 0.1) is 21.9 Å². The van der Waals surface area contributed by atoms with Crippen LogP contribution in [0.3, 0.4) is 0 Å². The molecule has 0 atom stereocenters. The Hall–Kier alpha value is -9.43. The molecule has 8 heterocycles. The van der Waals surface area contributed by atoms with Crippen molar-refractivity contribution < 1.29 is 4.42 Å². The highest BCUT2D eigenvalue weighted by Gasteiger charge is 2.14. The molecule has 12 nitrogen and oxygen atoms in total. The van der Waals surface area contributed by atoms with E-state index in [0.29, 0.717) is 60.6 Å². The van der Waals surface area contributed by atoms with E-state index in [2.05, 4.69) is 91.2 Å². The van der Waals surface area contributed by atoms with E-state index < -0.39 is 0 Å². The average Bonchev–Trinajstić information content (AvgIpc) is 3.89. The molecule has 0 aliphatic carbocycles. The molecule has 0 bridgehead atoms. The second-order valence-electron chi connectivity index (χ2n) is 17.6. The van der Waals surface area contributed by atoms with Gasteiger partial charge in [0.15, 0.2) is 39.3 Å². The first-order valence-electron chi connectivity index (χ1n) is 24.6. The Morgan fingerprint density at radius 3 is 1.42 bits per heavy atom. The third kappa shape index (κ3) is 11.0. The first kappa shape index (κ1) is 50.4. The minimum absolute atomic E-state index is 0.378. The third-order valence-electron chi connectivity index (χ3n) is 12.5. The van der Waals surface area contributed by atoms with Crippen LogP contribution < -0.4 is 0 Å². The standard InChI is InChI=1S/C20H11ClN2O.C17H10ClN3.2C13H8ClN3/c21-19-14-6-1-3-7-16(14)22-20(23-19)12-9-10-18-15(11-12)13-5-2-4-8-17(13)24-18;18-16-15-14(6-3-9-19-15)20-17(21-16)13-8-7-11-4-1-2-5-12(11)10-13;14-12-11-10(7-4-8-15-11)16-13(17-12)9-5-2-1-3-6-9;14-11-10-7-4-8-15-13(10)17-12(16-11)9-5-2-1-3-6-9/h1-11H;1-10H;2*1-8H. The zero-order chi connectivity index (χ0) is 53.7. The summed E-state index contributed by atoms with van der Waals surface area (Å²) in [5.41, 5.74) is 9.69. The molecule has 0 amide bonds. The lowest BCUT2D eigenvalue weighted by Gasteiger charge is -2.05. The first-order valence-corrected chi connectivity index (χ1v) is 26.1. The number of rotatable bonds is 4. The van der Waals surface area contributed by atoms with Gasteiger partial charge in [-0.15, -0.1) is 0 Å². The summed E-state index contributed by atoms with van der Waals surface area (Å²) >= 11 is 24.8. The van der Waals surface area contributed by atoms with Crippen molar-refractivity contribution >= 4 is 123 Å². The van der Waals surface area contributed by atoms with Crippen molar-refractivity contribution in [3.05, 3.63) is 245 Å². The molecule has 0 radical (unpaired) electrons. The van der Waals surface area contributed by atoms with Crippen LogP contribution in [0.4, 0.5) is 0 Å². The number of halogens is 4. The van der Waals surface area contributed by atoms with Crippen molar-refractivity contribution in [1.82, 2.24) is 54.8 Å². The van der Waals surface area contributed by atoms with Crippen LogP contribution in [-0.4, -0.2) is 54.8 Å². The van der Waals surface area contributed by atoms with Gasteiger partial charge in [0, 0.05) is 57.0 Å². The van der Waals surface area contributed by atoms with Crippen LogP contribution in [0.25, 0.3) is 122 Å². The van der Waals surface area contributed by atoms with Gasteiger partial charge in [0.2, 0.25) is 0 Å². The fourth-order valence-electron chi connectivity index (χ4n) is 8.71. The smallest absolute Gasteiger partial charge is 0.164 e. The van der Waals surface area contributed by atoms with E-state index in [1.54, 1.807) is 18.6 Å². The van der Waals surface area contributed by atoms with Gasteiger partial charge >= 0.3 is 0 Å². The molecule has 15 aromatic rings. The molecule has 16 heteroatoms. The molecule has 7 aromatic carbocycles. The Balaban J connectivity index is 0.000000106. The maximum absolute atomic E-state index is 6.33. The van der Waals surface area contributed by atoms with Crippen LogP contribution in [0.15, 0.2) is 229 Å². The van der Waals surface area contributed by atoms with Gasteiger partial charge in [-0.05, 0) is 89.6 Å². The Morgan fingerprint density at radius 2 is 0.734 bits per heavy atom. The highest BCUT2D eigenvalue weighted by atomic mass is 35.5. The normalized spacial score (nSPS) is 11.0. The topological polar surface area (TPSA) is 155 Å². The molecular formula is C63H37Cl4N11O. The van der Waals surface area contributed by atoms with E-state index in [4.69, 9.17) is 50.8 Å². The molecule has 8 aromatic heterocycles. The Kier molecular flexibility index (Phi) is 14.4. The van der Waals surface area contributed by atoms with Crippen molar-refractivity contribution in [3.63, 3.8) is 0 Å². The number of fused-ring (bicyclic) bond motifs is 8. The molecule has 0 spiro atoms. The summed E-state index contributed by atoms with van der Waals surface area (Å²) < 4.78 is 5.87. The minimum atomic E-state index is 0.378. The number of benzene rings is 7. The highest BCUT2D eigenvalue weighted by Crippen LogP contribution is 2.33. The van der Waals surface area contributed by atoms with Gasteiger partial charge in [-0.3, -0.25) is 9.97 Å². The zero-order valence-corrected chi connectivity index (χ0v) is 44.2. The molecule has 15 rings (SSSR count). The van der Waals surface area contributed by atoms with E-state index in [9.17, 15) is 0 Å². The average molecular weight is 1110 g/mol. The number of pyridine rings is 3. The number of aromatic nitrogens is 11. The quantitative estimate of drug-likeness (QED) is 0.154. The minimum Gasteiger partial charge on any atom is -0.456 e. The lowest BCUT2D eigenvalue weighted by atomic mass is 10.1. The van der Waals surface area contributed by atoms with Crippen LogP contribution in [0, 0.1) is 0 Å². The van der Waals surface area contributed by atoms with E-state index in [0.717, 1.165) is 76.9 Å². The van der Waals surface area contributed by atoms with Crippen LogP contribution in [-0.2, 0) is 0 Å². The predicted molar refractivity (Wildman–Crippen MR) is 318 cm³/mol. The largest absolute Gasteiger partial charge is 0.456 e. The van der Waals surface area contributed by atoms with E-state index in [-0.39, 0.29) is 0 Å². The predicted octanol–water partition coefficient (Wildman–Crippen LogP) is 17.0. The van der Waals surface area contributed by atoms with E-state index in [1.807, 2.05) is 170 Å². The fraction of sp³-hybridized carbons (Fsp3) is 0. The summed E-state index contributed by atoms with van der Waals surface area (Å²) in [6, 6.07) is 66.7. The summed E-state index contributed by atoms with van der Waals surface area (Å²) in [5, 5.41) is 7.77. The molecular weight excluding hydrogens is 1070 g/mol. The summed E-state index contributed by atoms with van der Waals surface area (Å²) in [7, 11) is 0. The van der Waals surface area contributed by atoms with Crippen LogP contribution >= 0.6 is 46.4 Å². The second kappa shape index (κ2) is 22.6. The molecule has 79 heavy (non-hydrogen) atoms. The van der Waals surface area contributed by atoms with Crippen molar-refractivity contribution in [2.24, 2.45) is 0 Å². The van der Waals surface area contributed by atoms with Gasteiger partial charge in [-0.25, -0.2) is 44.9 Å². The van der Waals surface area contributed by atoms with Gasteiger partial charge in [0.1, 0.15) is 32.5 Å². The fourth-order valence-corrected chi connectivity index (χ4v) is 9.63. The summed E-state index contributed by atoms with van der Waals surface area (Å²) in [4.78, 5) is 48.0. The Morgan fingerprint density at radius 1 is 0.278 bits per heavy atom. The van der Waals surface area contributed by atoms with Gasteiger partial charge in [-0.1, -0.05) is 174 Å². The number of nitrogens with zero attached hydrogens (tertiary/aromatic N) is 11. The molecule has 0 saturated heterocycles. The number of furan rings is 1. The SMILES string of the molecule is Clc1nc(-c2ccc3ccccc3c2)nc2cccnc12.Clc1nc(-c2ccc3oc4ccccc4c3c2)nc2ccccc12.Clc1nc(-c2ccccc2)nc2cccnc12.Clc1nc(-c2ccccc2)nc2ncccc12. The van der Waals surface area contributed by atoms with Crippen LogP contribution in [0.1, 0.15) is 0 Å². The lowest BCUT2D eigenvalue weighted by molar-refractivity contribution is 0.669. The monoisotopic (exact) mass is 1100 g/mol. The second-order valence-corrected chi connectivity index (χ2v) is 19.0. The number of para-hydroxylation sites is 2. The highest BCUT2D eigenvalue weighted by molar-refractivity contribution is 6.35. The Labute approximate surface area is 470 Å². The molecule has 0 aliphatic heterocycles. The summed E-state index contributed by atoms with van der Waals surface area (Å²) in [5.74, 6) is 2.45. The van der Waals surface area contributed by atoms with E-state index in [1.165, 1.54) is 5.39 Å². The number of hydrogen-bond donors (Lipinski definition) is 0. The maximum Gasteiger partial charge on any atom is 0.164 e. The van der Waals surface area contributed by atoms with E-state index >= 15 is 0 Å². The molecule has 378 valence electrons. The number of hydrogen-bond acceptors (Lipinski definition) is 12. The molecule has 0 unspecified atom stereocenters. The van der Waals surface area contributed by atoms with Crippen molar-refractivity contribution in [2.45, 2.75) is 0 Å². The molecule has 0 aliphatic rings. The van der Waals surface area contributed by atoms with Crippen LogP contribution in [0.5, 0.6) is 0 Å². The van der Waals surface area contributed by atoms with Gasteiger partial charge in [-0.2, -0.15) is 0 Å². The summed E-state index contributed by atoms with van der Waals surface area (Å²) in [6.07, 6.45) is 5.06. The van der Waals surface area contributed by atoms with Gasteiger partial charge < -0.3 is 4.42 Å². The molecule has 0 N–H and O–H groups in total. The zero-order valence-electron chi connectivity index (χ0n) is 41.2. The summed E-state index contributed by atoms with van der Waals surface area (Å²) in [6.45, 7) is 0. The van der Waals surface area contributed by atoms with Crippen molar-refractivity contribution in [3.8, 4) is 45.6 Å². The maximum atomic E-state index is 6.33. The van der Waals surface area contributed by atoms with Crippen LogP contribution in [0.2, 0.25) is 20.6 Å². The van der Waals surface area contributed by atoms with Gasteiger partial charge in [0.25, 0.3) is 0 Å². The molecule has 0 saturated carbocycles. The van der Waals surface area contributed by atoms with Crippen molar-refractivity contribution in [2.75, 3.05) is 0 Å². The molecule has 0 fully saturated rings. The lowest BCUT2D eigenvalue weighted by Crippen LogP contribution is -1.93. The third-order valence-corrected chi connectivity index (χ3v) is 13.6. The van der Waals surface area contributed by atoms with Crippen molar-refractivity contribution in [1.29, 1.82) is 0 Å². The Bertz CT molecular complexity index is 4590.